The molecule has 0 aromatic heterocycles. The predicted molar refractivity (Wildman–Crippen MR) is 67.7 cm³/mol. The SMILES string of the molecule is CCCCP(C)(=O)OP(C)(=O)CCCC. The molecule has 0 N–H and O–H groups in total. The van der Waals surface area contributed by atoms with E-state index in [1.54, 1.807) is 13.3 Å². The summed E-state index contributed by atoms with van der Waals surface area (Å²) >= 11 is 0. The maximum absolute atomic E-state index is 12.0. The van der Waals surface area contributed by atoms with Crippen molar-refractivity contribution in [3.63, 3.8) is 0 Å². The Morgan fingerprint density at radius 1 is 0.867 bits per heavy atom. The first-order valence-electron chi connectivity index (χ1n) is 5.67. The van der Waals surface area contributed by atoms with E-state index in [1.165, 1.54) is 0 Å². The van der Waals surface area contributed by atoms with Crippen LogP contribution in [0.3, 0.4) is 0 Å². The quantitative estimate of drug-likeness (QED) is 0.602. The van der Waals surface area contributed by atoms with Crippen molar-refractivity contribution in [2.24, 2.45) is 0 Å². The van der Waals surface area contributed by atoms with Gasteiger partial charge in [-0.2, -0.15) is 0 Å². The first-order valence-corrected chi connectivity index (χ1v) is 10.2. The molecule has 0 bridgehead atoms. The van der Waals surface area contributed by atoms with Gasteiger partial charge in [0.1, 0.15) is 0 Å². The van der Waals surface area contributed by atoms with Gasteiger partial charge in [0.2, 0.25) is 14.7 Å². The predicted octanol–water partition coefficient (Wildman–Crippen LogP) is 4.42. The molecule has 0 fully saturated rings. The van der Waals surface area contributed by atoms with Crippen molar-refractivity contribution in [1.82, 2.24) is 0 Å². The van der Waals surface area contributed by atoms with E-state index >= 15 is 0 Å². The van der Waals surface area contributed by atoms with Crippen LogP contribution in [0, 0.1) is 0 Å². The molecule has 5 heteroatoms. The van der Waals surface area contributed by atoms with Gasteiger partial charge in [-0.25, -0.2) is 0 Å². The van der Waals surface area contributed by atoms with Crippen LogP contribution in [0.1, 0.15) is 39.5 Å². The molecule has 15 heavy (non-hydrogen) atoms. The molecule has 0 amide bonds. The van der Waals surface area contributed by atoms with Crippen molar-refractivity contribution >= 4 is 14.7 Å². The normalized spacial score (nSPS) is 19.5. The maximum atomic E-state index is 12.0. The zero-order valence-electron chi connectivity index (χ0n) is 10.4. The molecule has 0 aromatic carbocycles. The van der Waals surface area contributed by atoms with Gasteiger partial charge in [-0.1, -0.05) is 26.7 Å². The van der Waals surface area contributed by atoms with Gasteiger partial charge in [0.15, 0.2) is 0 Å². The minimum absolute atomic E-state index is 0.549. The summed E-state index contributed by atoms with van der Waals surface area (Å²) in [6, 6.07) is 0. The van der Waals surface area contributed by atoms with Gasteiger partial charge in [-0.05, 0) is 12.8 Å². The third kappa shape index (κ3) is 8.25. The van der Waals surface area contributed by atoms with Crippen molar-refractivity contribution in [3.8, 4) is 0 Å². The van der Waals surface area contributed by atoms with Gasteiger partial charge in [-0.3, -0.25) is 13.4 Å². The lowest BCUT2D eigenvalue weighted by Crippen LogP contribution is -1.96. The Morgan fingerprint density at radius 2 is 1.20 bits per heavy atom. The summed E-state index contributed by atoms with van der Waals surface area (Å²) in [4.78, 5) is 0. The summed E-state index contributed by atoms with van der Waals surface area (Å²) in [7, 11) is -5.27. The summed E-state index contributed by atoms with van der Waals surface area (Å²) < 4.78 is 29.3. The molecule has 0 spiro atoms. The second-order valence-corrected chi connectivity index (χ2v) is 9.87. The van der Waals surface area contributed by atoms with Gasteiger partial charge >= 0.3 is 0 Å². The highest BCUT2D eigenvalue weighted by atomic mass is 31.2. The molecule has 0 aliphatic rings. The first kappa shape index (κ1) is 15.4. The molecule has 92 valence electrons. The summed E-state index contributed by atoms with van der Waals surface area (Å²) in [6.07, 6.45) is 4.83. The van der Waals surface area contributed by atoms with Crippen LogP contribution in [0.4, 0.5) is 0 Å². The number of unbranched alkanes of at least 4 members (excludes halogenated alkanes) is 2. The average Bonchev–Trinajstić information content (AvgIpc) is 2.10. The third-order valence-corrected chi connectivity index (χ3v) is 7.20. The fourth-order valence-electron chi connectivity index (χ4n) is 1.34. The molecule has 0 heterocycles. The van der Waals surface area contributed by atoms with Crippen LogP contribution in [-0.4, -0.2) is 25.7 Å². The number of hydrogen-bond donors (Lipinski definition) is 0. The summed E-state index contributed by atoms with van der Waals surface area (Å²) in [5, 5.41) is 0. The van der Waals surface area contributed by atoms with E-state index in [-0.39, 0.29) is 0 Å². The summed E-state index contributed by atoms with van der Waals surface area (Å²) in [6.45, 7) is 7.29. The zero-order chi connectivity index (χ0) is 11.9. The topological polar surface area (TPSA) is 43.4 Å². The third-order valence-electron chi connectivity index (χ3n) is 2.18. The maximum Gasteiger partial charge on any atom is 0.205 e. The highest BCUT2D eigenvalue weighted by Gasteiger charge is 2.26. The van der Waals surface area contributed by atoms with Crippen molar-refractivity contribution in [2.75, 3.05) is 25.7 Å². The van der Waals surface area contributed by atoms with Gasteiger partial charge in [-0.15, -0.1) is 0 Å². The molecule has 0 rings (SSSR count). The highest BCUT2D eigenvalue weighted by molar-refractivity contribution is 7.71. The van der Waals surface area contributed by atoms with Crippen molar-refractivity contribution in [2.45, 2.75) is 39.5 Å². The van der Waals surface area contributed by atoms with Crippen LogP contribution in [0.5, 0.6) is 0 Å². The Bertz CT molecular complexity index is 237. The molecule has 2 unspecified atom stereocenters. The second kappa shape index (κ2) is 6.89. The van der Waals surface area contributed by atoms with E-state index in [1.807, 2.05) is 13.8 Å². The molecule has 0 aliphatic heterocycles. The van der Waals surface area contributed by atoms with Gasteiger partial charge < -0.3 is 0 Å². The Balaban J connectivity index is 4.17. The Labute approximate surface area is 93.9 Å². The molecule has 0 saturated heterocycles. The fourth-order valence-corrected chi connectivity index (χ4v) is 6.70. The van der Waals surface area contributed by atoms with E-state index in [9.17, 15) is 9.13 Å². The van der Waals surface area contributed by atoms with Gasteiger partial charge in [0, 0.05) is 25.7 Å². The first-order chi connectivity index (χ1) is 6.83. The molecule has 2 atom stereocenters. The molecule has 0 aromatic rings. The monoisotopic (exact) mass is 254 g/mol. The van der Waals surface area contributed by atoms with Crippen LogP contribution in [0.25, 0.3) is 0 Å². The van der Waals surface area contributed by atoms with Crippen LogP contribution in [-0.2, 0) is 13.4 Å². The summed E-state index contributed by atoms with van der Waals surface area (Å²) in [5.74, 6) is 0. The molecule has 3 nitrogen and oxygen atoms in total. The molecule has 0 saturated carbocycles. The average molecular weight is 254 g/mol. The lowest BCUT2D eigenvalue weighted by molar-refractivity contribution is 0.461. The Hall–Kier alpha value is 0.420. The summed E-state index contributed by atoms with van der Waals surface area (Å²) in [5.41, 5.74) is 0. The standard InChI is InChI=1S/C10H24O3P2/c1-5-7-9-14(3,11)13-15(4,12)10-8-6-2/h5-10H2,1-4H3. The van der Waals surface area contributed by atoms with Crippen molar-refractivity contribution in [3.05, 3.63) is 0 Å². The van der Waals surface area contributed by atoms with E-state index in [4.69, 9.17) is 4.31 Å². The molecule has 0 radical (unpaired) electrons. The molecular formula is C10H24O3P2. The van der Waals surface area contributed by atoms with E-state index in [2.05, 4.69) is 0 Å². The minimum Gasteiger partial charge on any atom is -0.293 e. The van der Waals surface area contributed by atoms with Crippen LogP contribution in [0.2, 0.25) is 0 Å². The van der Waals surface area contributed by atoms with Crippen LogP contribution in [0.15, 0.2) is 0 Å². The van der Waals surface area contributed by atoms with Crippen molar-refractivity contribution in [1.29, 1.82) is 0 Å². The molecular weight excluding hydrogens is 230 g/mol. The van der Waals surface area contributed by atoms with E-state index in [0.717, 1.165) is 25.7 Å². The Morgan fingerprint density at radius 3 is 1.47 bits per heavy atom. The smallest absolute Gasteiger partial charge is 0.205 e. The van der Waals surface area contributed by atoms with Gasteiger partial charge in [0.25, 0.3) is 0 Å². The van der Waals surface area contributed by atoms with E-state index < -0.39 is 14.7 Å². The van der Waals surface area contributed by atoms with E-state index in [0.29, 0.717) is 12.3 Å². The lowest BCUT2D eigenvalue weighted by atomic mass is 10.4. The Kier molecular flexibility index (Phi) is 7.08. The van der Waals surface area contributed by atoms with Gasteiger partial charge in [0.05, 0.1) is 0 Å². The van der Waals surface area contributed by atoms with Crippen molar-refractivity contribution < 1.29 is 13.4 Å². The second-order valence-electron chi connectivity index (χ2n) is 4.26. The lowest BCUT2D eigenvalue weighted by Gasteiger charge is -2.19. The minimum atomic E-state index is -2.63. The largest absolute Gasteiger partial charge is 0.293 e. The van der Waals surface area contributed by atoms with Crippen LogP contribution >= 0.6 is 14.7 Å². The zero-order valence-corrected chi connectivity index (χ0v) is 12.2. The fraction of sp³-hybridized carbons (Fsp3) is 1.00. The highest BCUT2D eigenvalue weighted by Crippen LogP contribution is 2.60. The number of hydrogen-bond acceptors (Lipinski definition) is 3. The molecule has 0 aliphatic carbocycles. The number of rotatable bonds is 8. The van der Waals surface area contributed by atoms with Crippen LogP contribution < -0.4 is 0 Å².